The fraction of sp³-hybridized carbons (Fsp3) is 0.552. The van der Waals surface area contributed by atoms with Crippen molar-refractivity contribution in [2.75, 3.05) is 26.8 Å². The number of amides is 1. The molecular weight excluding hydrogens is 475 g/mol. The van der Waals surface area contributed by atoms with E-state index in [4.69, 9.17) is 15.2 Å². The number of hydrogen-bond acceptors (Lipinski definition) is 6. The molecule has 37 heavy (non-hydrogen) atoms. The maximum Gasteiger partial charge on any atom is 0.225 e. The molecule has 1 unspecified atom stereocenters. The van der Waals surface area contributed by atoms with E-state index < -0.39 is 23.6 Å². The molecule has 7 nitrogen and oxygen atoms in total. The molecule has 1 saturated carbocycles. The molecule has 8 heteroatoms. The molecule has 202 valence electrons. The normalized spacial score (nSPS) is 25.6. The second-order valence-electron chi connectivity index (χ2n) is 10.4. The van der Waals surface area contributed by atoms with Gasteiger partial charge in [0.15, 0.2) is 11.6 Å². The zero-order chi connectivity index (χ0) is 26.4. The van der Waals surface area contributed by atoms with Crippen LogP contribution in [0.4, 0.5) is 4.39 Å². The maximum atomic E-state index is 15.2. The molecule has 4 N–H and O–H groups in total. The van der Waals surface area contributed by atoms with Gasteiger partial charge in [-0.1, -0.05) is 30.3 Å². The van der Waals surface area contributed by atoms with Gasteiger partial charge in [-0.2, -0.15) is 0 Å². The molecule has 0 spiro atoms. The number of para-hydroxylation sites is 2. The van der Waals surface area contributed by atoms with Crippen molar-refractivity contribution in [3.8, 4) is 11.5 Å². The lowest BCUT2D eigenvalue weighted by molar-refractivity contribution is -0.141. The number of nitrogens with zero attached hydrogens (tertiary/aromatic N) is 1. The highest BCUT2D eigenvalue weighted by Crippen LogP contribution is 2.45. The molecule has 1 aliphatic heterocycles. The number of rotatable bonds is 10. The Morgan fingerprint density at radius 3 is 2.65 bits per heavy atom. The maximum absolute atomic E-state index is 15.2. The summed E-state index contributed by atoms with van der Waals surface area (Å²) in [4.78, 5) is 15.1. The standard InChI is InChI=1S/C29H39FN2O5/c1-36-16-6-5-14-29(35,23-12-7-13-24(30)27(23)37-22-10-3-2-4-11-22)21-9-8-15-32(19-21)28(34)20-17-25(31)26(33)18-20/h2-4,7,10-13,20-21,25-26,33,35H,5-6,8-9,14-19,31H2,1H3/t20-,21?,25+,26-,29-/m0/s1. The van der Waals surface area contributed by atoms with Gasteiger partial charge in [0.1, 0.15) is 5.75 Å². The van der Waals surface area contributed by atoms with E-state index >= 15 is 4.39 Å². The smallest absolute Gasteiger partial charge is 0.225 e. The molecule has 5 atom stereocenters. The van der Waals surface area contributed by atoms with E-state index in [9.17, 15) is 15.0 Å². The number of halogens is 1. The van der Waals surface area contributed by atoms with Crippen LogP contribution in [0.2, 0.25) is 0 Å². The Morgan fingerprint density at radius 1 is 1.16 bits per heavy atom. The highest BCUT2D eigenvalue weighted by atomic mass is 19.1. The summed E-state index contributed by atoms with van der Waals surface area (Å²) in [5, 5.41) is 22.4. The quantitative estimate of drug-likeness (QED) is 0.415. The van der Waals surface area contributed by atoms with Crippen molar-refractivity contribution in [1.82, 2.24) is 4.90 Å². The predicted octanol–water partition coefficient (Wildman–Crippen LogP) is 3.96. The minimum absolute atomic E-state index is 0.0104. The van der Waals surface area contributed by atoms with Gasteiger partial charge in [-0.25, -0.2) is 4.39 Å². The third-order valence-corrected chi connectivity index (χ3v) is 7.89. The summed E-state index contributed by atoms with van der Waals surface area (Å²) in [6.07, 6.45) is 3.36. The van der Waals surface area contributed by atoms with Crippen LogP contribution >= 0.6 is 0 Å². The lowest BCUT2D eigenvalue weighted by Crippen LogP contribution is -2.49. The van der Waals surface area contributed by atoms with Gasteiger partial charge >= 0.3 is 0 Å². The second kappa shape index (κ2) is 12.3. The molecule has 2 aromatic rings. The number of carbonyl (C=O) groups is 1. The molecule has 0 aromatic heterocycles. The molecular formula is C29H39FN2O5. The number of unbranched alkanes of at least 4 members (excludes halogenated alkanes) is 1. The highest BCUT2D eigenvalue weighted by molar-refractivity contribution is 5.79. The van der Waals surface area contributed by atoms with Crippen molar-refractivity contribution in [2.45, 2.75) is 62.7 Å². The Hall–Kier alpha value is -2.52. The van der Waals surface area contributed by atoms with E-state index in [-0.39, 0.29) is 23.5 Å². The first-order chi connectivity index (χ1) is 17.8. The van der Waals surface area contributed by atoms with Gasteiger partial charge in [-0.3, -0.25) is 4.79 Å². The number of likely N-dealkylation sites (tertiary alicyclic amines) is 1. The molecule has 1 amide bonds. The fourth-order valence-electron chi connectivity index (χ4n) is 5.83. The first-order valence-corrected chi connectivity index (χ1v) is 13.3. The number of aliphatic hydroxyl groups excluding tert-OH is 1. The summed E-state index contributed by atoms with van der Waals surface area (Å²) in [6, 6.07) is 13.2. The van der Waals surface area contributed by atoms with Crippen molar-refractivity contribution >= 4 is 5.91 Å². The zero-order valence-corrected chi connectivity index (χ0v) is 21.5. The van der Waals surface area contributed by atoms with E-state index in [1.54, 1.807) is 36.3 Å². The molecule has 0 bridgehead atoms. The van der Waals surface area contributed by atoms with E-state index in [0.29, 0.717) is 63.1 Å². The average molecular weight is 515 g/mol. The minimum atomic E-state index is -1.41. The number of aliphatic hydroxyl groups is 2. The Bertz CT molecular complexity index is 1030. The Balaban J connectivity index is 1.63. The molecule has 0 radical (unpaired) electrons. The molecule has 1 heterocycles. The third kappa shape index (κ3) is 6.32. The summed E-state index contributed by atoms with van der Waals surface area (Å²) in [6.45, 7) is 1.50. The van der Waals surface area contributed by atoms with Gasteiger partial charge in [0, 0.05) is 50.2 Å². The zero-order valence-electron chi connectivity index (χ0n) is 21.5. The van der Waals surface area contributed by atoms with Gasteiger partial charge in [0.2, 0.25) is 5.91 Å². The predicted molar refractivity (Wildman–Crippen MR) is 139 cm³/mol. The van der Waals surface area contributed by atoms with Crippen molar-refractivity contribution in [3.05, 3.63) is 59.9 Å². The lowest BCUT2D eigenvalue weighted by Gasteiger charge is -2.44. The summed E-state index contributed by atoms with van der Waals surface area (Å²) < 4.78 is 26.4. The first kappa shape index (κ1) is 27.5. The van der Waals surface area contributed by atoms with Crippen molar-refractivity contribution in [3.63, 3.8) is 0 Å². The van der Waals surface area contributed by atoms with Crippen LogP contribution in [0.5, 0.6) is 11.5 Å². The van der Waals surface area contributed by atoms with E-state index in [2.05, 4.69) is 0 Å². The monoisotopic (exact) mass is 514 g/mol. The number of ether oxygens (including phenoxy) is 2. The minimum Gasteiger partial charge on any atom is -0.454 e. The molecule has 2 aromatic carbocycles. The highest BCUT2D eigenvalue weighted by Gasteiger charge is 2.45. The topological polar surface area (TPSA) is 105 Å². The number of benzene rings is 2. The van der Waals surface area contributed by atoms with Crippen LogP contribution in [0.3, 0.4) is 0 Å². The van der Waals surface area contributed by atoms with Crippen LogP contribution in [0.1, 0.15) is 50.5 Å². The van der Waals surface area contributed by atoms with E-state index in [1.165, 1.54) is 6.07 Å². The van der Waals surface area contributed by atoms with Crippen LogP contribution in [0.25, 0.3) is 0 Å². The number of nitrogens with two attached hydrogens (primary N) is 1. The Kier molecular flexibility index (Phi) is 9.18. The van der Waals surface area contributed by atoms with Crippen LogP contribution in [0, 0.1) is 17.7 Å². The van der Waals surface area contributed by atoms with Crippen LogP contribution < -0.4 is 10.5 Å². The Labute approximate surface area is 218 Å². The molecule has 1 aliphatic carbocycles. The SMILES string of the molecule is COCCCC[C@@](O)(c1cccc(F)c1Oc1ccccc1)C1CCCN(C(=O)[C@H]2C[C@@H](N)[C@@H](O)C2)C1. The van der Waals surface area contributed by atoms with Crippen molar-refractivity contribution in [2.24, 2.45) is 17.6 Å². The summed E-state index contributed by atoms with van der Waals surface area (Å²) in [5.41, 5.74) is 4.94. The Morgan fingerprint density at radius 2 is 1.95 bits per heavy atom. The third-order valence-electron chi connectivity index (χ3n) is 7.89. The number of piperidine rings is 1. The van der Waals surface area contributed by atoms with E-state index in [1.807, 2.05) is 18.2 Å². The van der Waals surface area contributed by atoms with Gasteiger partial charge in [0.25, 0.3) is 0 Å². The average Bonchev–Trinajstić information content (AvgIpc) is 3.25. The number of methoxy groups -OCH3 is 1. The van der Waals surface area contributed by atoms with Crippen molar-refractivity contribution in [1.29, 1.82) is 0 Å². The molecule has 2 aliphatic rings. The lowest BCUT2D eigenvalue weighted by atomic mass is 9.73. The number of hydrogen-bond donors (Lipinski definition) is 3. The fourth-order valence-corrected chi connectivity index (χ4v) is 5.83. The largest absolute Gasteiger partial charge is 0.454 e. The molecule has 2 fully saturated rings. The summed E-state index contributed by atoms with van der Waals surface area (Å²) in [7, 11) is 1.64. The van der Waals surface area contributed by atoms with Gasteiger partial charge in [0.05, 0.1) is 11.7 Å². The van der Waals surface area contributed by atoms with Crippen LogP contribution in [-0.2, 0) is 15.1 Å². The van der Waals surface area contributed by atoms with Crippen LogP contribution in [-0.4, -0.2) is 60.0 Å². The molecule has 4 rings (SSSR count). The van der Waals surface area contributed by atoms with Gasteiger partial charge in [-0.05, 0) is 63.1 Å². The summed E-state index contributed by atoms with van der Waals surface area (Å²) in [5.74, 6) is -0.714. The summed E-state index contributed by atoms with van der Waals surface area (Å²) >= 11 is 0. The van der Waals surface area contributed by atoms with Crippen molar-refractivity contribution < 1.29 is 28.9 Å². The van der Waals surface area contributed by atoms with Gasteiger partial charge < -0.3 is 30.3 Å². The second-order valence-corrected chi connectivity index (χ2v) is 10.4. The first-order valence-electron chi connectivity index (χ1n) is 13.3. The molecule has 1 saturated heterocycles. The number of carbonyl (C=O) groups excluding carboxylic acids is 1. The van der Waals surface area contributed by atoms with E-state index in [0.717, 1.165) is 12.8 Å². The van der Waals surface area contributed by atoms with Gasteiger partial charge in [-0.15, -0.1) is 0 Å². The van der Waals surface area contributed by atoms with Crippen LogP contribution in [0.15, 0.2) is 48.5 Å².